The minimum atomic E-state index is 1.02. The van der Waals surface area contributed by atoms with E-state index in [2.05, 4.69) is 72.7 Å². The van der Waals surface area contributed by atoms with E-state index in [1.54, 1.807) is 0 Å². The molecule has 0 aliphatic heterocycles. The van der Waals surface area contributed by atoms with Gasteiger partial charge in [0.05, 0.1) is 0 Å². The lowest BCUT2D eigenvalue weighted by Gasteiger charge is -2.06. The Morgan fingerprint density at radius 1 is 0.864 bits per heavy atom. The van der Waals surface area contributed by atoms with E-state index in [9.17, 15) is 0 Å². The molecule has 0 fully saturated rings. The van der Waals surface area contributed by atoms with Gasteiger partial charge in [-0.15, -0.1) is 0 Å². The Morgan fingerprint density at radius 3 is 2.41 bits per heavy atom. The molecule has 0 amide bonds. The maximum Gasteiger partial charge on any atom is 0.0458 e. The van der Waals surface area contributed by atoms with Gasteiger partial charge in [0.15, 0.2) is 0 Å². The zero-order chi connectivity index (χ0) is 15.4. The zero-order valence-electron chi connectivity index (χ0n) is 13.4. The average molecular weight is 292 g/mol. The van der Waals surface area contributed by atoms with Gasteiger partial charge < -0.3 is 10.3 Å². The topological polar surface area (TPSA) is 27.8 Å². The summed E-state index contributed by atoms with van der Waals surface area (Å²) < 4.78 is 0. The molecular formula is C20H24N2. The van der Waals surface area contributed by atoms with Crippen LogP contribution in [0.25, 0.3) is 10.9 Å². The third-order valence-electron chi connectivity index (χ3n) is 4.29. The first-order valence-corrected chi connectivity index (χ1v) is 8.06. The SMILES string of the molecule is Cc1ccc(CCNCCc2c(C)[nH]c3ccccc23)cc1. The zero-order valence-corrected chi connectivity index (χ0v) is 13.4. The van der Waals surface area contributed by atoms with Crippen molar-refractivity contribution in [3.05, 3.63) is 70.9 Å². The van der Waals surface area contributed by atoms with E-state index in [4.69, 9.17) is 0 Å². The van der Waals surface area contributed by atoms with E-state index in [0.717, 1.165) is 25.9 Å². The fourth-order valence-corrected chi connectivity index (χ4v) is 2.98. The molecule has 0 aliphatic rings. The molecule has 0 atom stereocenters. The molecule has 0 radical (unpaired) electrons. The van der Waals surface area contributed by atoms with Crippen LogP contribution in [-0.4, -0.2) is 18.1 Å². The lowest BCUT2D eigenvalue weighted by molar-refractivity contribution is 0.682. The van der Waals surface area contributed by atoms with Crippen molar-refractivity contribution >= 4 is 10.9 Å². The van der Waals surface area contributed by atoms with Crippen molar-refractivity contribution in [1.82, 2.24) is 10.3 Å². The van der Waals surface area contributed by atoms with Crippen LogP contribution in [0.2, 0.25) is 0 Å². The number of aryl methyl sites for hydroxylation is 2. The van der Waals surface area contributed by atoms with Crippen LogP contribution in [-0.2, 0) is 12.8 Å². The summed E-state index contributed by atoms with van der Waals surface area (Å²) >= 11 is 0. The predicted octanol–water partition coefficient (Wildman–Crippen LogP) is 4.16. The predicted molar refractivity (Wildman–Crippen MR) is 94.5 cm³/mol. The van der Waals surface area contributed by atoms with Gasteiger partial charge in [-0.1, -0.05) is 48.0 Å². The molecule has 0 saturated carbocycles. The van der Waals surface area contributed by atoms with Gasteiger partial charge in [0.1, 0.15) is 0 Å². The summed E-state index contributed by atoms with van der Waals surface area (Å²) in [6.45, 7) is 6.35. The molecule has 0 spiro atoms. The molecule has 2 N–H and O–H groups in total. The molecule has 3 rings (SSSR count). The van der Waals surface area contributed by atoms with Crippen LogP contribution in [0.3, 0.4) is 0 Å². The summed E-state index contributed by atoms with van der Waals surface area (Å²) in [6.07, 6.45) is 2.16. The molecule has 22 heavy (non-hydrogen) atoms. The first-order chi connectivity index (χ1) is 10.7. The van der Waals surface area contributed by atoms with E-state index < -0.39 is 0 Å². The number of hydrogen-bond donors (Lipinski definition) is 2. The number of aromatic nitrogens is 1. The molecule has 0 saturated heterocycles. The molecule has 2 heteroatoms. The van der Waals surface area contributed by atoms with E-state index in [-0.39, 0.29) is 0 Å². The lowest BCUT2D eigenvalue weighted by Crippen LogP contribution is -2.20. The van der Waals surface area contributed by atoms with Gasteiger partial charge in [-0.2, -0.15) is 0 Å². The summed E-state index contributed by atoms with van der Waals surface area (Å²) in [4.78, 5) is 3.47. The molecular weight excluding hydrogens is 268 g/mol. The van der Waals surface area contributed by atoms with Gasteiger partial charge >= 0.3 is 0 Å². The van der Waals surface area contributed by atoms with Crippen LogP contribution in [0.1, 0.15) is 22.4 Å². The van der Waals surface area contributed by atoms with Crippen molar-refractivity contribution in [1.29, 1.82) is 0 Å². The smallest absolute Gasteiger partial charge is 0.0458 e. The first-order valence-electron chi connectivity index (χ1n) is 8.06. The standard InChI is InChI=1S/C20H24N2/c1-15-7-9-17(10-8-15)11-13-21-14-12-18-16(2)22-20-6-4-3-5-19(18)20/h3-10,21-22H,11-14H2,1-2H3. The van der Waals surface area contributed by atoms with Crippen molar-refractivity contribution in [2.45, 2.75) is 26.7 Å². The van der Waals surface area contributed by atoms with Gasteiger partial charge in [-0.3, -0.25) is 0 Å². The minimum absolute atomic E-state index is 1.02. The van der Waals surface area contributed by atoms with Crippen molar-refractivity contribution in [2.75, 3.05) is 13.1 Å². The second-order valence-electron chi connectivity index (χ2n) is 6.01. The van der Waals surface area contributed by atoms with E-state index >= 15 is 0 Å². The highest BCUT2D eigenvalue weighted by Crippen LogP contribution is 2.21. The Bertz CT molecular complexity index is 738. The number of aromatic amines is 1. The highest BCUT2D eigenvalue weighted by molar-refractivity contribution is 5.84. The van der Waals surface area contributed by atoms with Crippen LogP contribution < -0.4 is 5.32 Å². The van der Waals surface area contributed by atoms with E-state index in [1.807, 2.05) is 0 Å². The molecule has 0 unspecified atom stereocenters. The Kier molecular flexibility index (Phi) is 4.59. The van der Waals surface area contributed by atoms with Crippen LogP contribution in [0.4, 0.5) is 0 Å². The van der Waals surface area contributed by atoms with Crippen LogP contribution in [0, 0.1) is 13.8 Å². The molecule has 2 aromatic carbocycles. The maximum absolute atomic E-state index is 3.56. The largest absolute Gasteiger partial charge is 0.358 e. The molecule has 2 nitrogen and oxygen atoms in total. The first kappa shape index (κ1) is 14.9. The third-order valence-corrected chi connectivity index (χ3v) is 4.29. The van der Waals surface area contributed by atoms with Gasteiger partial charge in [-0.05, 0) is 57.0 Å². The lowest BCUT2D eigenvalue weighted by atomic mass is 10.1. The average Bonchev–Trinajstić information content (AvgIpc) is 2.85. The van der Waals surface area contributed by atoms with E-state index in [1.165, 1.54) is 33.3 Å². The molecule has 0 aliphatic carbocycles. The van der Waals surface area contributed by atoms with Crippen molar-refractivity contribution < 1.29 is 0 Å². The third kappa shape index (κ3) is 3.40. The number of para-hydroxylation sites is 1. The van der Waals surface area contributed by atoms with Gasteiger partial charge in [0, 0.05) is 16.6 Å². The summed E-state index contributed by atoms with van der Waals surface area (Å²) in [5, 5.41) is 4.93. The fourth-order valence-electron chi connectivity index (χ4n) is 2.98. The molecule has 0 bridgehead atoms. The van der Waals surface area contributed by atoms with Gasteiger partial charge in [-0.25, -0.2) is 0 Å². The quantitative estimate of drug-likeness (QED) is 0.656. The minimum Gasteiger partial charge on any atom is -0.358 e. The Balaban J connectivity index is 1.50. The number of hydrogen-bond acceptors (Lipinski definition) is 1. The van der Waals surface area contributed by atoms with Crippen molar-refractivity contribution in [2.24, 2.45) is 0 Å². The fraction of sp³-hybridized carbons (Fsp3) is 0.300. The normalized spacial score (nSPS) is 11.2. The second-order valence-corrected chi connectivity index (χ2v) is 6.01. The molecule has 3 aromatic rings. The monoisotopic (exact) mass is 292 g/mol. The van der Waals surface area contributed by atoms with Crippen molar-refractivity contribution in [3.8, 4) is 0 Å². The highest BCUT2D eigenvalue weighted by atomic mass is 14.8. The van der Waals surface area contributed by atoms with Gasteiger partial charge in [0.25, 0.3) is 0 Å². The number of benzene rings is 2. The summed E-state index contributed by atoms with van der Waals surface area (Å²) in [6, 6.07) is 17.4. The summed E-state index contributed by atoms with van der Waals surface area (Å²) in [5.41, 5.74) is 6.71. The van der Waals surface area contributed by atoms with Crippen molar-refractivity contribution in [3.63, 3.8) is 0 Å². The number of fused-ring (bicyclic) bond motifs is 1. The molecule has 114 valence electrons. The molecule has 1 aromatic heterocycles. The van der Waals surface area contributed by atoms with Gasteiger partial charge in [0.2, 0.25) is 0 Å². The van der Waals surface area contributed by atoms with E-state index in [0.29, 0.717) is 0 Å². The number of rotatable bonds is 6. The number of nitrogens with one attached hydrogen (secondary N) is 2. The second kappa shape index (κ2) is 6.80. The Morgan fingerprint density at radius 2 is 1.59 bits per heavy atom. The number of H-pyrrole nitrogens is 1. The Labute approximate surface area is 132 Å². The molecule has 1 heterocycles. The maximum atomic E-state index is 3.56. The van der Waals surface area contributed by atoms with Crippen LogP contribution >= 0.6 is 0 Å². The summed E-state index contributed by atoms with van der Waals surface area (Å²) in [7, 11) is 0. The summed E-state index contributed by atoms with van der Waals surface area (Å²) in [5.74, 6) is 0. The Hall–Kier alpha value is -2.06. The van der Waals surface area contributed by atoms with Crippen LogP contribution in [0.5, 0.6) is 0 Å². The van der Waals surface area contributed by atoms with Crippen LogP contribution in [0.15, 0.2) is 48.5 Å². The highest BCUT2D eigenvalue weighted by Gasteiger charge is 2.06.